The summed E-state index contributed by atoms with van der Waals surface area (Å²) in [5.74, 6) is -0.942. The van der Waals surface area contributed by atoms with E-state index in [2.05, 4.69) is 5.32 Å². The molecule has 1 unspecified atom stereocenters. The number of hydrogen-bond donors (Lipinski definition) is 2. The number of hydrogen-bond acceptors (Lipinski definition) is 3. The number of nitrogens with zero attached hydrogens (tertiary/aromatic N) is 1. The highest BCUT2D eigenvalue weighted by atomic mass is 16.4. The van der Waals surface area contributed by atoms with Gasteiger partial charge in [0.15, 0.2) is 0 Å². The van der Waals surface area contributed by atoms with Gasteiger partial charge in [0.05, 0.1) is 5.56 Å². The number of carboxylic acids is 1. The molecule has 1 aliphatic rings. The van der Waals surface area contributed by atoms with Crippen LogP contribution in [0.5, 0.6) is 0 Å². The van der Waals surface area contributed by atoms with Crippen LogP contribution in [-0.4, -0.2) is 37.1 Å². The quantitative estimate of drug-likeness (QED) is 0.853. The smallest absolute Gasteiger partial charge is 0.335 e. The summed E-state index contributed by atoms with van der Waals surface area (Å²) >= 11 is 0. The fraction of sp³-hybridized carbons (Fsp3) is 0.429. The van der Waals surface area contributed by atoms with Crippen molar-refractivity contribution < 1.29 is 14.7 Å². The van der Waals surface area contributed by atoms with Crippen LogP contribution in [0.3, 0.4) is 0 Å². The molecule has 1 aliphatic heterocycles. The highest BCUT2D eigenvalue weighted by Crippen LogP contribution is 2.30. The van der Waals surface area contributed by atoms with Gasteiger partial charge in [-0.3, -0.25) is 4.79 Å². The maximum Gasteiger partial charge on any atom is 0.335 e. The van der Waals surface area contributed by atoms with Gasteiger partial charge in [0.1, 0.15) is 0 Å². The monoisotopic (exact) mass is 262 g/mol. The lowest BCUT2D eigenvalue weighted by Gasteiger charge is -2.21. The fourth-order valence-corrected chi connectivity index (χ4v) is 2.42. The summed E-state index contributed by atoms with van der Waals surface area (Å²) in [5, 5.41) is 12.0. The first-order valence-electron chi connectivity index (χ1n) is 6.36. The van der Waals surface area contributed by atoms with Crippen molar-refractivity contribution in [1.29, 1.82) is 0 Å². The lowest BCUT2D eigenvalue weighted by molar-refractivity contribution is -0.121. The molecule has 5 heteroatoms. The van der Waals surface area contributed by atoms with E-state index in [4.69, 9.17) is 5.11 Å². The van der Waals surface area contributed by atoms with Gasteiger partial charge >= 0.3 is 5.97 Å². The van der Waals surface area contributed by atoms with Crippen LogP contribution in [-0.2, 0) is 11.2 Å². The minimum atomic E-state index is -0.934. The lowest BCUT2D eigenvalue weighted by Crippen LogP contribution is -2.37. The van der Waals surface area contributed by atoms with Crippen LogP contribution < -0.4 is 10.2 Å². The minimum Gasteiger partial charge on any atom is -0.478 e. The van der Waals surface area contributed by atoms with Crippen molar-refractivity contribution in [1.82, 2.24) is 5.32 Å². The molecule has 2 N–H and O–H groups in total. The summed E-state index contributed by atoms with van der Waals surface area (Å²) in [6.07, 6.45) is 0.717. The lowest BCUT2D eigenvalue weighted by atomic mass is 10.1. The topological polar surface area (TPSA) is 69.6 Å². The van der Waals surface area contributed by atoms with Crippen molar-refractivity contribution in [2.75, 3.05) is 25.0 Å². The molecule has 1 aromatic rings. The van der Waals surface area contributed by atoms with E-state index in [0.29, 0.717) is 19.5 Å². The first kappa shape index (κ1) is 13.5. The molecule has 0 saturated carbocycles. The van der Waals surface area contributed by atoms with E-state index in [0.717, 1.165) is 11.3 Å². The average Bonchev–Trinajstić information content (AvgIpc) is 2.80. The predicted octanol–water partition coefficient (Wildman–Crippen LogP) is 1.13. The van der Waals surface area contributed by atoms with E-state index in [1.54, 1.807) is 23.1 Å². The van der Waals surface area contributed by atoms with E-state index in [1.807, 2.05) is 14.0 Å². The summed E-state index contributed by atoms with van der Waals surface area (Å²) < 4.78 is 0. The molecule has 0 aromatic heterocycles. The van der Waals surface area contributed by atoms with Crippen molar-refractivity contribution in [3.05, 3.63) is 29.3 Å². The van der Waals surface area contributed by atoms with Gasteiger partial charge in [-0.15, -0.1) is 0 Å². The second kappa shape index (κ2) is 5.40. The Hall–Kier alpha value is -1.88. The number of fused-ring (bicyclic) bond motifs is 1. The van der Waals surface area contributed by atoms with Gasteiger partial charge in [0.2, 0.25) is 5.91 Å². The van der Waals surface area contributed by atoms with Crippen LogP contribution in [0.2, 0.25) is 0 Å². The molecule has 0 radical (unpaired) electrons. The Balaban J connectivity index is 2.23. The van der Waals surface area contributed by atoms with Crippen molar-refractivity contribution in [2.45, 2.75) is 13.3 Å². The molecular weight excluding hydrogens is 244 g/mol. The van der Waals surface area contributed by atoms with E-state index < -0.39 is 5.97 Å². The summed E-state index contributed by atoms with van der Waals surface area (Å²) in [5.41, 5.74) is 2.05. The Morgan fingerprint density at radius 1 is 1.47 bits per heavy atom. The zero-order valence-corrected chi connectivity index (χ0v) is 11.1. The third kappa shape index (κ3) is 2.61. The number of carbonyl (C=O) groups excluding carboxylic acids is 1. The van der Waals surface area contributed by atoms with Gasteiger partial charge in [-0.2, -0.15) is 0 Å². The molecule has 0 saturated heterocycles. The first-order valence-corrected chi connectivity index (χ1v) is 6.36. The normalized spacial score (nSPS) is 15.2. The number of aromatic carboxylic acids is 1. The van der Waals surface area contributed by atoms with Crippen LogP contribution in [0.4, 0.5) is 5.69 Å². The Kier molecular flexibility index (Phi) is 3.85. The number of carboxylic acid groups (broad SMARTS) is 1. The number of amides is 1. The Bertz CT molecular complexity index is 513. The van der Waals surface area contributed by atoms with Crippen molar-refractivity contribution in [3.63, 3.8) is 0 Å². The van der Waals surface area contributed by atoms with Crippen molar-refractivity contribution in [2.24, 2.45) is 5.92 Å². The number of benzene rings is 1. The minimum absolute atomic E-state index is 0.0798. The Morgan fingerprint density at radius 2 is 2.21 bits per heavy atom. The number of nitrogens with one attached hydrogen (secondary N) is 1. The van der Waals surface area contributed by atoms with Gasteiger partial charge in [-0.25, -0.2) is 4.79 Å². The molecule has 1 atom stereocenters. The fourth-order valence-electron chi connectivity index (χ4n) is 2.42. The summed E-state index contributed by atoms with van der Waals surface area (Å²) in [6, 6.07) is 4.94. The molecule has 1 aromatic carbocycles. The maximum absolute atomic E-state index is 12.3. The number of rotatable bonds is 4. The predicted molar refractivity (Wildman–Crippen MR) is 72.5 cm³/mol. The second-order valence-corrected chi connectivity index (χ2v) is 4.85. The molecule has 0 bridgehead atoms. The molecule has 102 valence electrons. The SMILES string of the molecule is CNCC(C)C(=O)N1CCc2cc(C(=O)O)ccc21. The van der Waals surface area contributed by atoms with Gasteiger partial charge in [0, 0.05) is 24.7 Å². The highest BCUT2D eigenvalue weighted by molar-refractivity contribution is 5.98. The van der Waals surface area contributed by atoms with Crippen LogP contribution in [0.25, 0.3) is 0 Å². The summed E-state index contributed by atoms with van der Waals surface area (Å²) in [4.78, 5) is 25.0. The van der Waals surface area contributed by atoms with Crippen LogP contribution >= 0.6 is 0 Å². The molecular formula is C14H18N2O3. The van der Waals surface area contributed by atoms with Crippen LogP contribution in [0.1, 0.15) is 22.8 Å². The number of carbonyl (C=O) groups is 2. The molecule has 19 heavy (non-hydrogen) atoms. The van der Waals surface area contributed by atoms with E-state index in [-0.39, 0.29) is 17.4 Å². The molecule has 1 amide bonds. The van der Waals surface area contributed by atoms with Crippen LogP contribution in [0.15, 0.2) is 18.2 Å². The summed E-state index contributed by atoms with van der Waals surface area (Å²) in [6.45, 7) is 3.16. The molecule has 0 aliphatic carbocycles. The van der Waals surface area contributed by atoms with Crippen molar-refractivity contribution >= 4 is 17.6 Å². The van der Waals surface area contributed by atoms with Gasteiger partial charge in [0.25, 0.3) is 0 Å². The molecule has 1 heterocycles. The standard InChI is InChI=1S/C14H18N2O3/c1-9(8-15-2)13(17)16-6-5-10-7-11(14(18)19)3-4-12(10)16/h3-4,7,9,15H,5-6,8H2,1-2H3,(H,18,19). The third-order valence-corrected chi connectivity index (χ3v) is 3.42. The first-order chi connectivity index (χ1) is 9.04. The van der Waals surface area contributed by atoms with Gasteiger partial charge < -0.3 is 15.3 Å². The molecule has 0 spiro atoms. The maximum atomic E-state index is 12.3. The van der Waals surface area contributed by atoms with Crippen LogP contribution in [0, 0.1) is 5.92 Å². The van der Waals surface area contributed by atoms with Crippen molar-refractivity contribution in [3.8, 4) is 0 Å². The van der Waals surface area contributed by atoms with Gasteiger partial charge in [-0.1, -0.05) is 6.92 Å². The summed E-state index contributed by atoms with van der Waals surface area (Å²) in [7, 11) is 1.82. The molecule has 5 nitrogen and oxygen atoms in total. The van der Waals surface area contributed by atoms with E-state index >= 15 is 0 Å². The number of anilines is 1. The highest BCUT2D eigenvalue weighted by Gasteiger charge is 2.28. The Labute approximate surface area is 112 Å². The molecule has 2 rings (SSSR count). The average molecular weight is 262 g/mol. The second-order valence-electron chi connectivity index (χ2n) is 4.85. The van der Waals surface area contributed by atoms with Gasteiger partial charge in [-0.05, 0) is 37.2 Å². The molecule has 0 fully saturated rings. The largest absolute Gasteiger partial charge is 0.478 e. The van der Waals surface area contributed by atoms with E-state index in [9.17, 15) is 9.59 Å². The third-order valence-electron chi connectivity index (χ3n) is 3.42. The van der Waals surface area contributed by atoms with E-state index in [1.165, 1.54) is 0 Å². The zero-order chi connectivity index (χ0) is 14.0. The Morgan fingerprint density at radius 3 is 2.84 bits per heavy atom. The zero-order valence-electron chi connectivity index (χ0n) is 11.1.